The van der Waals surface area contributed by atoms with E-state index in [4.69, 9.17) is 10.5 Å². The van der Waals surface area contributed by atoms with E-state index in [1.54, 1.807) is 6.07 Å². The average molecular weight is 220 g/mol. The maximum Gasteiger partial charge on any atom is 0.127 e. The molecule has 0 aliphatic carbocycles. The highest BCUT2D eigenvalue weighted by molar-refractivity contribution is 5.85. The summed E-state index contributed by atoms with van der Waals surface area (Å²) in [6.07, 6.45) is 0.661. The average Bonchev–Trinajstić information content (AvgIpc) is 2.01. The summed E-state index contributed by atoms with van der Waals surface area (Å²) in [5.41, 5.74) is 6.47. The van der Waals surface area contributed by atoms with Crippen molar-refractivity contribution < 1.29 is 9.13 Å². The summed E-state index contributed by atoms with van der Waals surface area (Å²) in [7, 11) is 1.52. The molecule has 0 saturated heterocycles. The molecule has 4 heteroatoms. The first-order valence-corrected chi connectivity index (χ1v) is 4.21. The lowest BCUT2D eigenvalue weighted by molar-refractivity contribution is 0.410. The number of benzene rings is 1. The van der Waals surface area contributed by atoms with E-state index in [9.17, 15) is 4.39 Å². The van der Waals surface area contributed by atoms with Crippen molar-refractivity contribution in [1.29, 1.82) is 0 Å². The molecule has 2 nitrogen and oxygen atoms in total. The van der Waals surface area contributed by atoms with E-state index >= 15 is 0 Å². The number of methoxy groups -OCH3 is 1. The van der Waals surface area contributed by atoms with Crippen molar-refractivity contribution in [2.75, 3.05) is 7.11 Å². The van der Waals surface area contributed by atoms with Crippen molar-refractivity contribution in [3.05, 3.63) is 29.6 Å². The first-order chi connectivity index (χ1) is 6.11. The monoisotopic (exact) mass is 219 g/mol. The SMILES string of the molecule is COc1cc(F)cc(CC(C)N)c1.Cl. The van der Waals surface area contributed by atoms with Gasteiger partial charge in [0.2, 0.25) is 0 Å². The minimum atomic E-state index is -0.282. The van der Waals surface area contributed by atoms with Crippen LogP contribution in [-0.2, 0) is 6.42 Å². The lowest BCUT2D eigenvalue weighted by Gasteiger charge is -2.07. The molecule has 0 aliphatic rings. The van der Waals surface area contributed by atoms with E-state index in [1.807, 2.05) is 6.92 Å². The summed E-state index contributed by atoms with van der Waals surface area (Å²) in [6, 6.07) is 4.66. The third kappa shape index (κ3) is 3.94. The molecule has 0 aromatic heterocycles. The predicted molar refractivity (Wildman–Crippen MR) is 57.6 cm³/mol. The molecule has 1 unspecified atom stereocenters. The Kier molecular flexibility index (Phi) is 5.50. The van der Waals surface area contributed by atoms with Gasteiger partial charge in [0, 0.05) is 12.1 Å². The van der Waals surface area contributed by atoms with Gasteiger partial charge in [0.25, 0.3) is 0 Å². The summed E-state index contributed by atoms with van der Waals surface area (Å²) in [5, 5.41) is 0. The van der Waals surface area contributed by atoms with Crippen molar-refractivity contribution in [2.45, 2.75) is 19.4 Å². The highest BCUT2D eigenvalue weighted by Gasteiger charge is 2.02. The van der Waals surface area contributed by atoms with Gasteiger partial charge in [-0.05, 0) is 31.0 Å². The molecule has 0 saturated carbocycles. The Morgan fingerprint density at radius 3 is 2.57 bits per heavy atom. The van der Waals surface area contributed by atoms with Crippen LogP contribution >= 0.6 is 12.4 Å². The Morgan fingerprint density at radius 2 is 2.07 bits per heavy atom. The van der Waals surface area contributed by atoms with Crippen LogP contribution in [-0.4, -0.2) is 13.2 Å². The summed E-state index contributed by atoms with van der Waals surface area (Å²) >= 11 is 0. The molecule has 14 heavy (non-hydrogen) atoms. The highest BCUT2D eigenvalue weighted by atomic mass is 35.5. The van der Waals surface area contributed by atoms with E-state index < -0.39 is 0 Å². The van der Waals surface area contributed by atoms with Gasteiger partial charge in [-0.3, -0.25) is 0 Å². The first kappa shape index (κ1) is 13.2. The van der Waals surface area contributed by atoms with Crippen LogP contribution in [0.15, 0.2) is 18.2 Å². The number of halogens is 2. The quantitative estimate of drug-likeness (QED) is 0.846. The summed E-state index contributed by atoms with van der Waals surface area (Å²) in [6.45, 7) is 1.89. The fraction of sp³-hybridized carbons (Fsp3) is 0.400. The molecule has 1 aromatic carbocycles. The fourth-order valence-electron chi connectivity index (χ4n) is 1.23. The maximum atomic E-state index is 12.9. The van der Waals surface area contributed by atoms with Gasteiger partial charge in [-0.15, -0.1) is 12.4 Å². The Labute approximate surface area is 89.7 Å². The number of rotatable bonds is 3. The fourth-order valence-corrected chi connectivity index (χ4v) is 1.23. The van der Waals surface area contributed by atoms with E-state index in [2.05, 4.69) is 0 Å². The third-order valence-electron chi connectivity index (χ3n) is 1.72. The van der Waals surface area contributed by atoms with Gasteiger partial charge in [0.15, 0.2) is 0 Å². The van der Waals surface area contributed by atoms with Crippen LogP contribution in [0.2, 0.25) is 0 Å². The molecular weight excluding hydrogens is 205 g/mol. The van der Waals surface area contributed by atoms with Gasteiger partial charge >= 0.3 is 0 Å². The van der Waals surface area contributed by atoms with Gasteiger partial charge in [-0.1, -0.05) is 0 Å². The number of nitrogens with two attached hydrogens (primary N) is 1. The van der Waals surface area contributed by atoms with Crippen LogP contribution in [0, 0.1) is 5.82 Å². The highest BCUT2D eigenvalue weighted by Crippen LogP contribution is 2.16. The number of hydrogen-bond acceptors (Lipinski definition) is 2. The molecule has 80 valence electrons. The van der Waals surface area contributed by atoms with Gasteiger partial charge < -0.3 is 10.5 Å². The maximum absolute atomic E-state index is 12.9. The van der Waals surface area contributed by atoms with E-state index in [0.29, 0.717) is 12.2 Å². The Hall–Kier alpha value is -0.800. The molecular formula is C10H15ClFNO. The van der Waals surface area contributed by atoms with E-state index in [1.165, 1.54) is 19.2 Å². The molecule has 1 atom stereocenters. The van der Waals surface area contributed by atoms with Gasteiger partial charge in [0.05, 0.1) is 7.11 Å². The van der Waals surface area contributed by atoms with Crippen LogP contribution in [0.5, 0.6) is 5.75 Å². The summed E-state index contributed by atoms with van der Waals surface area (Å²) in [5.74, 6) is 0.255. The van der Waals surface area contributed by atoms with Crippen LogP contribution < -0.4 is 10.5 Å². The topological polar surface area (TPSA) is 35.2 Å². The molecule has 1 rings (SSSR count). The largest absolute Gasteiger partial charge is 0.497 e. The Morgan fingerprint density at radius 1 is 1.43 bits per heavy atom. The molecule has 2 N–H and O–H groups in total. The van der Waals surface area contributed by atoms with Crippen LogP contribution in [0.25, 0.3) is 0 Å². The molecule has 1 aromatic rings. The molecule has 0 bridgehead atoms. The third-order valence-corrected chi connectivity index (χ3v) is 1.72. The van der Waals surface area contributed by atoms with Gasteiger partial charge in [-0.2, -0.15) is 0 Å². The van der Waals surface area contributed by atoms with E-state index in [-0.39, 0.29) is 24.3 Å². The van der Waals surface area contributed by atoms with Crippen molar-refractivity contribution in [3.63, 3.8) is 0 Å². The first-order valence-electron chi connectivity index (χ1n) is 4.21. The van der Waals surface area contributed by atoms with Gasteiger partial charge in [0.1, 0.15) is 11.6 Å². The molecule has 0 radical (unpaired) electrons. The van der Waals surface area contributed by atoms with Crippen molar-refractivity contribution in [2.24, 2.45) is 5.73 Å². The standard InChI is InChI=1S/C10H14FNO.ClH/c1-7(12)3-8-4-9(11)6-10(5-8)13-2;/h4-7H,3,12H2,1-2H3;1H. The molecule has 0 amide bonds. The second-order valence-corrected chi connectivity index (χ2v) is 3.18. The molecule has 0 fully saturated rings. The van der Waals surface area contributed by atoms with E-state index in [0.717, 1.165) is 5.56 Å². The van der Waals surface area contributed by atoms with Crippen LogP contribution in [0.1, 0.15) is 12.5 Å². The lowest BCUT2D eigenvalue weighted by atomic mass is 10.1. The minimum absolute atomic E-state index is 0. The molecule has 0 spiro atoms. The zero-order valence-corrected chi connectivity index (χ0v) is 9.10. The van der Waals surface area contributed by atoms with Crippen molar-refractivity contribution in [3.8, 4) is 5.75 Å². The molecule has 0 aliphatic heterocycles. The second-order valence-electron chi connectivity index (χ2n) is 3.18. The Balaban J connectivity index is 0.00000169. The minimum Gasteiger partial charge on any atom is -0.497 e. The molecule has 0 heterocycles. The van der Waals surface area contributed by atoms with Crippen LogP contribution in [0.3, 0.4) is 0 Å². The normalized spacial score (nSPS) is 11.7. The summed E-state index contributed by atoms with van der Waals surface area (Å²) in [4.78, 5) is 0. The number of ether oxygens (including phenoxy) is 1. The number of hydrogen-bond donors (Lipinski definition) is 1. The zero-order valence-electron chi connectivity index (χ0n) is 8.29. The van der Waals surface area contributed by atoms with Crippen LogP contribution in [0.4, 0.5) is 4.39 Å². The summed E-state index contributed by atoms with van der Waals surface area (Å²) < 4.78 is 17.9. The van der Waals surface area contributed by atoms with Crippen molar-refractivity contribution >= 4 is 12.4 Å². The van der Waals surface area contributed by atoms with Crippen molar-refractivity contribution in [1.82, 2.24) is 0 Å². The second kappa shape index (κ2) is 5.83. The Bertz CT molecular complexity index is 291. The van der Waals surface area contributed by atoms with Gasteiger partial charge in [-0.25, -0.2) is 4.39 Å². The lowest BCUT2D eigenvalue weighted by Crippen LogP contribution is -2.17. The predicted octanol–water partition coefficient (Wildman–Crippen LogP) is 2.15. The smallest absolute Gasteiger partial charge is 0.127 e. The zero-order chi connectivity index (χ0) is 9.84.